The third-order valence-electron chi connectivity index (χ3n) is 8.86. The van der Waals surface area contributed by atoms with Crippen LogP contribution in [-0.4, -0.2) is 0 Å². The quantitative estimate of drug-likeness (QED) is 0.214. The summed E-state index contributed by atoms with van der Waals surface area (Å²) in [4.78, 5) is 2.32. The summed E-state index contributed by atoms with van der Waals surface area (Å²) in [6, 6.07) is 48.4. The van der Waals surface area contributed by atoms with Gasteiger partial charge in [0.25, 0.3) is 0 Å². The number of furan rings is 3. The van der Waals surface area contributed by atoms with Crippen molar-refractivity contribution in [2.75, 3.05) is 4.90 Å². The molecule has 3 heterocycles. The fourth-order valence-electron chi connectivity index (χ4n) is 6.89. The number of benzene rings is 7. The second-order valence-corrected chi connectivity index (χ2v) is 11.3. The van der Waals surface area contributed by atoms with E-state index in [0.29, 0.717) is 0 Å². The summed E-state index contributed by atoms with van der Waals surface area (Å²) in [5, 5.41) is 8.92. The second-order valence-electron chi connectivity index (χ2n) is 11.3. The Hall–Kier alpha value is -6.00. The Morgan fingerprint density at radius 2 is 0.841 bits per heavy atom. The number of fused-ring (bicyclic) bond motifs is 11. The van der Waals surface area contributed by atoms with Crippen molar-refractivity contribution < 1.29 is 13.3 Å². The fraction of sp³-hybridized carbons (Fsp3) is 0. The minimum absolute atomic E-state index is 0.854. The molecule has 0 N–H and O–H groups in total. The van der Waals surface area contributed by atoms with Crippen molar-refractivity contribution in [1.82, 2.24) is 0 Å². The monoisotopic (exact) mass is 565 g/mol. The lowest BCUT2D eigenvalue weighted by Crippen LogP contribution is -2.10. The molecule has 0 aliphatic carbocycles. The number of nitrogens with zero attached hydrogens (tertiary/aromatic N) is 1. The second kappa shape index (κ2) is 8.76. The maximum absolute atomic E-state index is 6.36. The molecule has 0 aliphatic rings. The van der Waals surface area contributed by atoms with Gasteiger partial charge in [-0.15, -0.1) is 0 Å². The van der Waals surface area contributed by atoms with Crippen LogP contribution in [0.1, 0.15) is 0 Å². The molecule has 0 aliphatic heterocycles. The van der Waals surface area contributed by atoms with E-state index in [1.807, 2.05) is 36.4 Å². The minimum atomic E-state index is 0.854. The molecule has 10 rings (SSSR count). The first-order chi connectivity index (χ1) is 21.8. The summed E-state index contributed by atoms with van der Waals surface area (Å²) in [5.41, 5.74) is 8.38. The first-order valence-corrected chi connectivity index (χ1v) is 14.8. The number of hydrogen-bond donors (Lipinski definition) is 0. The predicted octanol–water partition coefficient (Wildman–Crippen LogP) is 12.0. The zero-order valence-electron chi connectivity index (χ0n) is 23.5. The van der Waals surface area contributed by atoms with Crippen molar-refractivity contribution >= 4 is 93.7 Å². The maximum atomic E-state index is 6.36. The molecule has 0 spiro atoms. The SMILES string of the molecule is c1ccc2c(c1)oc1cc(N(c3ccc4oc5ccccc5c4c3)c3cccc4c3ccc3oc5ccccc5c34)ccc12. The molecule has 0 radical (unpaired) electrons. The largest absolute Gasteiger partial charge is 0.456 e. The summed E-state index contributed by atoms with van der Waals surface area (Å²) in [7, 11) is 0. The molecule has 0 bridgehead atoms. The fourth-order valence-corrected chi connectivity index (χ4v) is 6.89. The van der Waals surface area contributed by atoms with Crippen LogP contribution in [0.4, 0.5) is 17.1 Å². The van der Waals surface area contributed by atoms with E-state index in [9.17, 15) is 0 Å². The zero-order chi connectivity index (χ0) is 28.8. The Kier molecular flexibility index (Phi) is 4.69. The van der Waals surface area contributed by atoms with Crippen LogP contribution >= 0.6 is 0 Å². The highest BCUT2D eigenvalue weighted by Gasteiger charge is 2.20. The highest BCUT2D eigenvalue weighted by molar-refractivity contribution is 6.21. The Balaban J connectivity index is 1.28. The Morgan fingerprint density at radius 1 is 0.318 bits per heavy atom. The van der Waals surface area contributed by atoms with Crippen molar-refractivity contribution in [3.8, 4) is 0 Å². The number of para-hydroxylation sites is 3. The average Bonchev–Trinajstić information content (AvgIpc) is 3.75. The zero-order valence-corrected chi connectivity index (χ0v) is 23.5. The number of anilines is 3. The molecule has 7 aromatic carbocycles. The van der Waals surface area contributed by atoms with Gasteiger partial charge in [-0.3, -0.25) is 0 Å². The first kappa shape index (κ1) is 23.6. The van der Waals surface area contributed by atoms with Crippen LogP contribution in [0.15, 0.2) is 153 Å². The van der Waals surface area contributed by atoms with Crippen LogP contribution in [0, 0.1) is 0 Å². The molecule has 3 aromatic heterocycles. The third-order valence-corrected chi connectivity index (χ3v) is 8.86. The van der Waals surface area contributed by atoms with Crippen LogP contribution in [-0.2, 0) is 0 Å². The van der Waals surface area contributed by atoms with Crippen molar-refractivity contribution in [1.29, 1.82) is 0 Å². The molecule has 0 amide bonds. The predicted molar refractivity (Wildman–Crippen MR) is 180 cm³/mol. The molecule has 0 saturated carbocycles. The van der Waals surface area contributed by atoms with Crippen LogP contribution in [0.5, 0.6) is 0 Å². The van der Waals surface area contributed by atoms with Gasteiger partial charge >= 0.3 is 0 Å². The van der Waals surface area contributed by atoms with Gasteiger partial charge in [0.15, 0.2) is 0 Å². The summed E-state index contributed by atoms with van der Waals surface area (Å²) < 4.78 is 18.8. The lowest BCUT2D eigenvalue weighted by atomic mass is 10.0. The Morgan fingerprint density at radius 3 is 1.66 bits per heavy atom. The maximum Gasteiger partial charge on any atom is 0.137 e. The van der Waals surface area contributed by atoms with Crippen molar-refractivity contribution in [3.63, 3.8) is 0 Å². The van der Waals surface area contributed by atoms with Gasteiger partial charge in [-0.05, 0) is 72.1 Å². The molecule has 0 saturated heterocycles. The van der Waals surface area contributed by atoms with E-state index < -0.39 is 0 Å². The van der Waals surface area contributed by atoms with Gasteiger partial charge in [0.2, 0.25) is 0 Å². The molecule has 0 unspecified atom stereocenters. The topological polar surface area (TPSA) is 42.7 Å². The standard InChI is InChI=1S/C40H23NO3/c1-4-13-34-27(8-1)29-18-16-25(23-39(29)44-34)41(24-17-20-37-32(22-24)28-9-2-5-14-35(28)42-37)33-12-7-11-30-26(33)19-21-38-40(30)31-10-3-6-15-36(31)43-38/h1-23H. The van der Waals surface area contributed by atoms with Gasteiger partial charge in [0, 0.05) is 55.1 Å². The molecule has 4 heteroatoms. The summed E-state index contributed by atoms with van der Waals surface area (Å²) in [5.74, 6) is 0. The van der Waals surface area contributed by atoms with Gasteiger partial charge in [-0.25, -0.2) is 0 Å². The van der Waals surface area contributed by atoms with Crippen LogP contribution in [0.3, 0.4) is 0 Å². The lowest BCUT2D eigenvalue weighted by molar-refractivity contribution is 0.668. The van der Waals surface area contributed by atoms with E-state index >= 15 is 0 Å². The summed E-state index contributed by atoms with van der Waals surface area (Å²) in [6.45, 7) is 0. The molecular formula is C40H23NO3. The first-order valence-electron chi connectivity index (χ1n) is 14.8. The van der Waals surface area contributed by atoms with Crippen LogP contribution in [0.25, 0.3) is 76.6 Å². The number of rotatable bonds is 3. The van der Waals surface area contributed by atoms with Crippen molar-refractivity contribution in [2.24, 2.45) is 0 Å². The molecule has 4 nitrogen and oxygen atoms in total. The smallest absolute Gasteiger partial charge is 0.137 e. The molecule has 44 heavy (non-hydrogen) atoms. The summed E-state index contributed by atoms with van der Waals surface area (Å²) >= 11 is 0. The minimum Gasteiger partial charge on any atom is -0.456 e. The molecule has 0 atom stereocenters. The van der Waals surface area contributed by atoms with Gasteiger partial charge in [0.1, 0.15) is 33.5 Å². The highest BCUT2D eigenvalue weighted by Crippen LogP contribution is 2.45. The highest BCUT2D eigenvalue weighted by atomic mass is 16.3. The number of hydrogen-bond acceptors (Lipinski definition) is 4. The van der Waals surface area contributed by atoms with Gasteiger partial charge in [0.05, 0.1) is 5.69 Å². The van der Waals surface area contributed by atoms with Crippen molar-refractivity contribution in [2.45, 2.75) is 0 Å². The molecule has 0 fully saturated rings. The van der Waals surface area contributed by atoms with E-state index in [0.717, 1.165) is 93.7 Å². The average molecular weight is 566 g/mol. The van der Waals surface area contributed by atoms with E-state index in [1.54, 1.807) is 0 Å². The van der Waals surface area contributed by atoms with E-state index in [2.05, 4.69) is 108 Å². The van der Waals surface area contributed by atoms with Gasteiger partial charge in [-0.1, -0.05) is 66.7 Å². The van der Waals surface area contributed by atoms with Crippen molar-refractivity contribution in [3.05, 3.63) is 140 Å². The normalized spacial score (nSPS) is 12.1. The molecule has 10 aromatic rings. The summed E-state index contributed by atoms with van der Waals surface area (Å²) in [6.07, 6.45) is 0. The third kappa shape index (κ3) is 3.28. The lowest BCUT2D eigenvalue weighted by Gasteiger charge is -2.27. The van der Waals surface area contributed by atoms with Crippen LogP contribution in [0.2, 0.25) is 0 Å². The van der Waals surface area contributed by atoms with E-state index in [4.69, 9.17) is 13.3 Å². The van der Waals surface area contributed by atoms with Crippen LogP contribution < -0.4 is 4.90 Å². The Labute approximate surface area is 250 Å². The van der Waals surface area contributed by atoms with E-state index in [1.165, 1.54) is 0 Å². The molecule has 206 valence electrons. The Bertz CT molecular complexity index is 2740. The molecular weight excluding hydrogens is 542 g/mol. The van der Waals surface area contributed by atoms with Gasteiger partial charge in [-0.2, -0.15) is 0 Å². The van der Waals surface area contributed by atoms with Gasteiger partial charge < -0.3 is 18.2 Å². The van der Waals surface area contributed by atoms with E-state index in [-0.39, 0.29) is 0 Å².